The Kier molecular flexibility index (Phi) is 9.93. The van der Waals surface area contributed by atoms with Crippen molar-refractivity contribution in [1.82, 2.24) is 14.5 Å². The molecular formula is C23H33IN4O3S. The van der Waals surface area contributed by atoms with Crippen LogP contribution in [0, 0.1) is 6.92 Å². The highest BCUT2D eigenvalue weighted by molar-refractivity contribution is 14.0. The second-order valence-electron chi connectivity index (χ2n) is 7.73. The molecule has 3 rings (SSSR count). The normalized spacial score (nSPS) is 17.2. The van der Waals surface area contributed by atoms with Crippen LogP contribution in [-0.4, -0.2) is 63.9 Å². The monoisotopic (exact) mass is 572 g/mol. The molecular weight excluding hydrogens is 539 g/mol. The van der Waals surface area contributed by atoms with Crippen molar-refractivity contribution in [3.8, 4) is 0 Å². The van der Waals surface area contributed by atoms with Crippen LogP contribution >= 0.6 is 24.0 Å². The number of halogens is 1. The highest BCUT2D eigenvalue weighted by Gasteiger charge is 2.25. The molecule has 0 saturated carbocycles. The van der Waals surface area contributed by atoms with Crippen LogP contribution in [0.2, 0.25) is 0 Å². The van der Waals surface area contributed by atoms with Gasteiger partial charge in [-0.1, -0.05) is 42.5 Å². The lowest BCUT2D eigenvalue weighted by molar-refractivity contribution is -0.00834. The molecule has 0 amide bonds. The Morgan fingerprint density at radius 2 is 1.88 bits per heavy atom. The van der Waals surface area contributed by atoms with E-state index in [1.165, 1.54) is 15.4 Å². The number of benzene rings is 2. The number of sulfonamides is 1. The lowest BCUT2D eigenvalue weighted by Crippen LogP contribution is -2.48. The van der Waals surface area contributed by atoms with Gasteiger partial charge in [0.05, 0.1) is 24.6 Å². The van der Waals surface area contributed by atoms with Crippen LogP contribution in [-0.2, 0) is 21.3 Å². The summed E-state index contributed by atoms with van der Waals surface area (Å²) in [6, 6.07) is 15.3. The minimum Gasteiger partial charge on any atom is -0.370 e. The van der Waals surface area contributed by atoms with Gasteiger partial charge in [-0.3, -0.25) is 0 Å². The van der Waals surface area contributed by atoms with Crippen LogP contribution in [0.25, 0.3) is 0 Å². The summed E-state index contributed by atoms with van der Waals surface area (Å²) in [5.74, 6) is 0.765. The van der Waals surface area contributed by atoms with E-state index in [2.05, 4.69) is 29.3 Å². The number of guanidine groups is 1. The van der Waals surface area contributed by atoms with Crippen LogP contribution < -0.4 is 5.32 Å². The van der Waals surface area contributed by atoms with Crippen molar-refractivity contribution in [3.63, 3.8) is 0 Å². The SMILES string of the molecule is CCNC(=NCc1ccccc1S(=O)(=O)N(C)C)N1CCOC(c2ccccc2C)C1.I. The molecule has 1 atom stereocenters. The van der Waals surface area contributed by atoms with Crippen molar-refractivity contribution in [3.05, 3.63) is 65.2 Å². The molecule has 1 saturated heterocycles. The third-order valence-corrected chi connectivity index (χ3v) is 7.28. The number of hydrogen-bond acceptors (Lipinski definition) is 4. The molecule has 2 aromatic rings. The van der Waals surface area contributed by atoms with E-state index in [4.69, 9.17) is 9.73 Å². The van der Waals surface area contributed by atoms with E-state index >= 15 is 0 Å². The van der Waals surface area contributed by atoms with Crippen LogP contribution in [0.1, 0.15) is 29.7 Å². The predicted molar refractivity (Wildman–Crippen MR) is 139 cm³/mol. The first-order chi connectivity index (χ1) is 14.8. The van der Waals surface area contributed by atoms with E-state index in [-0.39, 0.29) is 36.6 Å². The lowest BCUT2D eigenvalue weighted by Gasteiger charge is -2.35. The first kappa shape index (κ1) is 26.6. The predicted octanol–water partition coefficient (Wildman–Crippen LogP) is 3.40. The smallest absolute Gasteiger partial charge is 0.242 e. The third kappa shape index (κ3) is 6.21. The van der Waals surface area contributed by atoms with Crippen molar-refractivity contribution in [2.24, 2.45) is 4.99 Å². The summed E-state index contributed by atoms with van der Waals surface area (Å²) < 4.78 is 32.7. The first-order valence-corrected chi connectivity index (χ1v) is 12.0. The second-order valence-corrected chi connectivity index (χ2v) is 9.85. The Morgan fingerprint density at radius 3 is 2.56 bits per heavy atom. The molecule has 1 N–H and O–H groups in total. The third-order valence-electron chi connectivity index (χ3n) is 5.37. The number of rotatable bonds is 6. The molecule has 1 aliphatic rings. The van der Waals surface area contributed by atoms with Gasteiger partial charge in [0.1, 0.15) is 6.10 Å². The number of morpholine rings is 1. The van der Waals surface area contributed by atoms with Crippen LogP contribution in [0.3, 0.4) is 0 Å². The minimum atomic E-state index is -3.53. The molecule has 1 heterocycles. The number of hydrogen-bond donors (Lipinski definition) is 1. The minimum absolute atomic E-state index is 0. The van der Waals surface area contributed by atoms with Gasteiger partial charge in [-0.05, 0) is 36.6 Å². The highest BCUT2D eigenvalue weighted by atomic mass is 127. The Balaban J connectivity index is 0.00000363. The van der Waals surface area contributed by atoms with Crippen LogP contribution in [0.4, 0.5) is 0 Å². The average Bonchev–Trinajstić information content (AvgIpc) is 2.77. The van der Waals surface area contributed by atoms with Crippen molar-refractivity contribution in [2.75, 3.05) is 40.3 Å². The molecule has 32 heavy (non-hydrogen) atoms. The summed E-state index contributed by atoms with van der Waals surface area (Å²) in [5.41, 5.74) is 3.07. The Bertz CT molecular complexity index is 1030. The molecule has 7 nitrogen and oxygen atoms in total. The fourth-order valence-electron chi connectivity index (χ4n) is 3.65. The van der Waals surface area contributed by atoms with E-state index in [0.29, 0.717) is 23.6 Å². The van der Waals surface area contributed by atoms with E-state index in [1.54, 1.807) is 26.2 Å². The largest absolute Gasteiger partial charge is 0.370 e. The molecule has 9 heteroatoms. The van der Waals surface area contributed by atoms with E-state index in [9.17, 15) is 8.42 Å². The number of ether oxygens (including phenoxy) is 1. The zero-order valence-corrected chi connectivity index (χ0v) is 22.3. The molecule has 176 valence electrons. The highest BCUT2D eigenvalue weighted by Crippen LogP contribution is 2.25. The fraction of sp³-hybridized carbons (Fsp3) is 0.435. The maximum absolute atomic E-state index is 12.7. The average molecular weight is 573 g/mol. The first-order valence-electron chi connectivity index (χ1n) is 10.6. The zero-order valence-electron chi connectivity index (χ0n) is 19.1. The molecule has 2 aromatic carbocycles. The Labute approximate surface area is 208 Å². The van der Waals surface area contributed by atoms with Crippen LogP contribution in [0.5, 0.6) is 0 Å². The van der Waals surface area contributed by atoms with Crippen molar-refractivity contribution in [2.45, 2.75) is 31.4 Å². The maximum atomic E-state index is 12.7. The molecule has 1 unspecified atom stereocenters. The number of nitrogens with zero attached hydrogens (tertiary/aromatic N) is 3. The number of aryl methyl sites for hydroxylation is 1. The molecule has 0 bridgehead atoms. The Hall–Kier alpha value is -1.69. The van der Waals surface area contributed by atoms with Crippen LogP contribution in [0.15, 0.2) is 58.4 Å². The molecule has 1 fully saturated rings. The van der Waals surface area contributed by atoms with Gasteiger partial charge in [0.15, 0.2) is 5.96 Å². The second kappa shape index (κ2) is 12.0. The summed E-state index contributed by atoms with van der Waals surface area (Å²) in [5, 5.41) is 3.35. The summed E-state index contributed by atoms with van der Waals surface area (Å²) in [7, 11) is -0.451. The fourth-order valence-corrected chi connectivity index (χ4v) is 4.75. The summed E-state index contributed by atoms with van der Waals surface area (Å²) >= 11 is 0. The van der Waals surface area contributed by atoms with Gasteiger partial charge in [-0.25, -0.2) is 17.7 Å². The standard InChI is InChI=1S/C23H32N4O3S.HI/c1-5-24-23(25-16-19-11-7-9-13-22(19)31(28,29)26(3)4)27-14-15-30-21(17-27)20-12-8-6-10-18(20)2;/h6-13,21H,5,14-17H2,1-4H3,(H,24,25);1H. The summed E-state index contributed by atoms with van der Waals surface area (Å²) in [4.78, 5) is 7.26. The van der Waals surface area contributed by atoms with Gasteiger partial charge in [0, 0.05) is 27.2 Å². The van der Waals surface area contributed by atoms with E-state index < -0.39 is 10.0 Å². The topological polar surface area (TPSA) is 74.2 Å². The van der Waals surface area contributed by atoms with Gasteiger partial charge in [-0.2, -0.15) is 0 Å². The molecule has 1 aliphatic heterocycles. The summed E-state index contributed by atoms with van der Waals surface area (Å²) in [6.45, 7) is 7.15. The van der Waals surface area contributed by atoms with Gasteiger partial charge >= 0.3 is 0 Å². The number of aliphatic imine (C=N–C) groups is 1. The van der Waals surface area contributed by atoms with Crippen molar-refractivity contribution >= 4 is 40.0 Å². The maximum Gasteiger partial charge on any atom is 0.242 e. The van der Waals surface area contributed by atoms with E-state index in [1.807, 2.05) is 31.2 Å². The Morgan fingerprint density at radius 1 is 1.19 bits per heavy atom. The van der Waals surface area contributed by atoms with Gasteiger partial charge < -0.3 is 15.0 Å². The lowest BCUT2D eigenvalue weighted by atomic mass is 10.0. The zero-order chi connectivity index (χ0) is 22.4. The summed E-state index contributed by atoms with van der Waals surface area (Å²) in [6.07, 6.45) is -0.0276. The van der Waals surface area contributed by atoms with Crippen molar-refractivity contribution < 1.29 is 13.2 Å². The van der Waals surface area contributed by atoms with Gasteiger partial charge in [0.25, 0.3) is 0 Å². The molecule has 0 radical (unpaired) electrons. The molecule has 0 spiro atoms. The van der Waals surface area contributed by atoms with Gasteiger partial charge in [-0.15, -0.1) is 24.0 Å². The molecule has 0 aliphatic carbocycles. The van der Waals surface area contributed by atoms with Crippen molar-refractivity contribution in [1.29, 1.82) is 0 Å². The van der Waals surface area contributed by atoms with E-state index in [0.717, 1.165) is 19.0 Å². The number of nitrogens with one attached hydrogen (secondary N) is 1. The van der Waals surface area contributed by atoms with Gasteiger partial charge in [0.2, 0.25) is 10.0 Å². The molecule has 0 aromatic heterocycles. The quantitative estimate of drug-likeness (QED) is 0.327.